The van der Waals surface area contributed by atoms with E-state index in [1.54, 1.807) is 11.3 Å². The highest BCUT2D eigenvalue weighted by Crippen LogP contribution is 2.41. The second-order valence-corrected chi connectivity index (χ2v) is 9.60. The number of hydrogen-bond donors (Lipinski definition) is 1. The molecule has 32 heavy (non-hydrogen) atoms. The lowest BCUT2D eigenvalue weighted by Crippen LogP contribution is -2.56. The predicted molar refractivity (Wildman–Crippen MR) is 126 cm³/mol. The number of hydrogen-bond acceptors (Lipinski definition) is 6. The molecule has 0 saturated carbocycles. The van der Waals surface area contributed by atoms with Crippen molar-refractivity contribution in [3.05, 3.63) is 65.4 Å². The zero-order chi connectivity index (χ0) is 21.9. The van der Waals surface area contributed by atoms with E-state index >= 15 is 0 Å². The number of nitrogens with zero attached hydrogens (tertiary/aromatic N) is 3. The van der Waals surface area contributed by atoms with Crippen LogP contribution in [0.2, 0.25) is 0 Å². The number of aromatic nitrogens is 2. The van der Waals surface area contributed by atoms with Crippen LogP contribution < -0.4 is 10.1 Å². The summed E-state index contributed by atoms with van der Waals surface area (Å²) in [6.07, 6.45) is 2.27. The summed E-state index contributed by atoms with van der Waals surface area (Å²) in [5.41, 5.74) is 2.19. The van der Waals surface area contributed by atoms with Crippen LogP contribution in [0.3, 0.4) is 0 Å². The molecule has 5 heterocycles. The minimum absolute atomic E-state index is 0.0501. The lowest BCUT2D eigenvalue weighted by atomic mass is 9.74. The summed E-state index contributed by atoms with van der Waals surface area (Å²) in [5.74, 6) is 2.50. The monoisotopic (exact) mass is 448 g/mol. The lowest BCUT2D eigenvalue weighted by molar-refractivity contribution is -0.123. The van der Waals surface area contributed by atoms with Gasteiger partial charge in [-0.3, -0.25) is 9.69 Å². The van der Waals surface area contributed by atoms with Crippen molar-refractivity contribution in [1.82, 2.24) is 20.2 Å². The van der Waals surface area contributed by atoms with Crippen LogP contribution in [0.15, 0.2) is 53.9 Å². The Hall–Kier alpha value is -2.77. The number of nitrogens with one attached hydrogen (secondary N) is 1. The molecule has 4 unspecified atom stereocenters. The number of aryl methyl sites for hydroxylation is 1. The summed E-state index contributed by atoms with van der Waals surface area (Å²) in [5, 5.41) is 5.16. The van der Waals surface area contributed by atoms with Gasteiger partial charge in [-0.2, -0.15) is 0 Å². The molecule has 0 spiro atoms. The van der Waals surface area contributed by atoms with Crippen LogP contribution in [0.1, 0.15) is 30.3 Å². The van der Waals surface area contributed by atoms with Crippen molar-refractivity contribution in [2.45, 2.75) is 31.7 Å². The van der Waals surface area contributed by atoms with Gasteiger partial charge in [-0.15, -0.1) is 11.3 Å². The van der Waals surface area contributed by atoms with Gasteiger partial charge in [0, 0.05) is 30.7 Å². The van der Waals surface area contributed by atoms with Crippen LogP contribution in [0.5, 0.6) is 5.75 Å². The van der Waals surface area contributed by atoms with Crippen LogP contribution in [-0.4, -0.2) is 53.1 Å². The minimum atomic E-state index is -0.0694. The number of ether oxygens (including phenoxy) is 1. The summed E-state index contributed by atoms with van der Waals surface area (Å²) in [4.78, 5) is 25.5. The highest BCUT2D eigenvalue weighted by molar-refractivity contribution is 7.13. The first-order valence-electron chi connectivity index (χ1n) is 11.2. The number of piperidine rings is 3. The van der Waals surface area contributed by atoms with Crippen molar-refractivity contribution in [3.8, 4) is 16.3 Å². The van der Waals surface area contributed by atoms with E-state index in [1.807, 2.05) is 37.3 Å². The van der Waals surface area contributed by atoms with Gasteiger partial charge in [-0.25, -0.2) is 9.97 Å². The molecule has 3 fully saturated rings. The number of carbonyl (C=O) groups is 1. The lowest BCUT2D eigenvalue weighted by Gasteiger charge is -2.49. The third-order valence-electron chi connectivity index (χ3n) is 6.54. The summed E-state index contributed by atoms with van der Waals surface area (Å²) in [7, 11) is 0. The normalized spacial score (nSPS) is 24.3. The predicted octanol–water partition coefficient (Wildman–Crippen LogP) is 3.89. The first-order chi connectivity index (χ1) is 15.7. The molecule has 3 aliphatic rings. The molecule has 166 valence electrons. The third-order valence-corrected chi connectivity index (χ3v) is 7.43. The molecule has 1 N–H and O–H groups in total. The number of para-hydroxylation sites is 1. The van der Waals surface area contributed by atoms with Gasteiger partial charge in [-0.1, -0.05) is 24.3 Å². The molecule has 4 atom stereocenters. The largest absolute Gasteiger partial charge is 0.484 e. The molecule has 3 saturated heterocycles. The number of thiophene rings is 1. The van der Waals surface area contributed by atoms with Gasteiger partial charge < -0.3 is 10.1 Å². The molecular formula is C25H28N4O2S. The van der Waals surface area contributed by atoms with E-state index in [0.717, 1.165) is 36.7 Å². The van der Waals surface area contributed by atoms with Crippen molar-refractivity contribution in [2.24, 2.45) is 5.92 Å². The average molecular weight is 449 g/mol. The summed E-state index contributed by atoms with van der Waals surface area (Å²) < 4.78 is 5.56. The Morgan fingerprint density at radius 2 is 2.09 bits per heavy atom. The van der Waals surface area contributed by atoms with Crippen molar-refractivity contribution < 1.29 is 9.53 Å². The Labute approximate surface area is 192 Å². The zero-order valence-corrected chi connectivity index (χ0v) is 19.1. The molecule has 3 aromatic rings. The first-order valence-corrected chi connectivity index (χ1v) is 12.1. The molecule has 7 heteroatoms. The van der Waals surface area contributed by atoms with Crippen LogP contribution in [0.4, 0.5) is 0 Å². The fourth-order valence-electron chi connectivity index (χ4n) is 4.97. The van der Waals surface area contributed by atoms with Crippen molar-refractivity contribution in [1.29, 1.82) is 0 Å². The van der Waals surface area contributed by atoms with Gasteiger partial charge in [-0.05, 0) is 61.9 Å². The van der Waals surface area contributed by atoms with E-state index in [4.69, 9.17) is 9.72 Å². The molecule has 0 radical (unpaired) electrons. The Balaban J connectivity index is 1.18. The van der Waals surface area contributed by atoms with Gasteiger partial charge in [0.25, 0.3) is 5.91 Å². The van der Waals surface area contributed by atoms with E-state index in [0.29, 0.717) is 30.2 Å². The second kappa shape index (κ2) is 9.38. The molecule has 6 rings (SSSR count). The Morgan fingerprint density at radius 3 is 2.84 bits per heavy atom. The molecular weight excluding hydrogens is 420 g/mol. The molecule has 0 aliphatic carbocycles. The van der Waals surface area contributed by atoms with Crippen molar-refractivity contribution in [2.75, 3.05) is 26.2 Å². The van der Waals surface area contributed by atoms with Gasteiger partial charge in [0.05, 0.1) is 10.6 Å². The van der Waals surface area contributed by atoms with Crippen molar-refractivity contribution >= 4 is 17.2 Å². The average Bonchev–Trinajstić information content (AvgIpc) is 3.37. The highest BCUT2D eigenvalue weighted by Gasteiger charge is 2.41. The van der Waals surface area contributed by atoms with E-state index in [1.165, 1.54) is 11.3 Å². The number of amides is 1. The van der Waals surface area contributed by atoms with E-state index in [2.05, 4.69) is 38.8 Å². The highest BCUT2D eigenvalue weighted by atomic mass is 32.1. The van der Waals surface area contributed by atoms with Crippen LogP contribution in [-0.2, 0) is 4.79 Å². The molecule has 2 aromatic heterocycles. The quantitative estimate of drug-likeness (QED) is 0.594. The topological polar surface area (TPSA) is 67.4 Å². The van der Waals surface area contributed by atoms with Gasteiger partial charge in [0.1, 0.15) is 11.6 Å². The maximum absolute atomic E-state index is 12.3. The molecule has 6 nitrogen and oxygen atoms in total. The third kappa shape index (κ3) is 4.69. The fraction of sp³-hybridized carbons (Fsp3) is 0.400. The Bertz CT molecular complexity index is 1060. The fourth-order valence-corrected chi connectivity index (χ4v) is 5.65. The maximum Gasteiger partial charge on any atom is 0.257 e. The SMILES string of the molecule is Cc1nc(-c2cccs2)cc(C2CN3CCC2CC3CNC(=O)COc2ccccc2)n1. The number of fused-ring (bicyclic) bond motifs is 3. The van der Waals surface area contributed by atoms with E-state index < -0.39 is 0 Å². The van der Waals surface area contributed by atoms with Crippen LogP contribution >= 0.6 is 11.3 Å². The number of benzene rings is 1. The van der Waals surface area contributed by atoms with Crippen LogP contribution in [0, 0.1) is 12.8 Å². The molecule has 1 aromatic carbocycles. The number of carbonyl (C=O) groups excluding carboxylic acids is 1. The Morgan fingerprint density at radius 1 is 1.22 bits per heavy atom. The first kappa shape index (κ1) is 21.1. The summed E-state index contributed by atoms with van der Waals surface area (Å²) in [6, 6.07) is 16.2. The van der Waals surface area contributed by atoms with Gasteiger partial charge >= 0.3 is 0 Å². The standard InChI is InChI=1S/C25H28N4O2S/c1-17-27-22(13-23(28-17)24-8-5-11-32-24)21-15-29-10-9-18(21)12-19(29)14-26-25(30)16-31-20-6-3-2-4-7-20/h2-8,11,13,18-19,21H,9-10,12,14-16H2,1H3,(H,26,30). The van der Waals surface area contributed by atoms with Gasteiger partial charge in [0.15, 0.2) is 6.61 Å². The molecule has 3 aliphatic heterocycles. The maximum atomic E-state index is 12.3. The summed E-state index contributed by atoms with van der Waals surface area (Å²) >= 11 is 1.72. The van der Waals surface area contributed by atoms with Crippen LogP contribution in [0.25, 0.3) is 10.6 Å². The van der Waals surface area contributed by atoms with Gasteiger partial charge in [0.2, 0.25) is 0 Å². The Kier molecular flexibility index (Phi) is 6.19. The molecule has 1 amide bonds. The number of rotatable bonds is 7. The van der Waals surface area contributed by atoms with E-state index in [-0.39, 0.29) is 12.5 Å². The minimum Gasteiger partial charge on any atom is -0.484 e. The molecule has 2 bridgehead atoms. The smallest absolute Gasteiger partial charge is 0.257 e. The second-order valence-electron chi connectivity index (χ2n) is 8.65. The van der Waals surface area contributed by atoms with E-state index in [9.17, 15) is 4.79 Å². The van der Waals surface area contributed by atoms with Crippen molar-refractivity contribution in [3.63, 3.8) is 0 Å². The zero-order valence-electron chi connectivity index (χ0n) is 18.2. The summed E-state index contributed by atoms with van der Waals surface area (Å²) in [6.45, 7) is 4.78.